The van der Waals surface area contributed by atoms with Gasteiger partial charge in [0.15, 0.2) is 9.84 Å². The van der Waals surface area contributed by atoms with E-state index < -0.39 is 70.4 Å². The maximum Gasteiger partial charge on any atom is 0.403 e. The minimum atomic E-state index is -4.83. The van der Waals surface area contributed by atoms with Crippen molar-refractivity contribution in [3.05, 3.63) is 23.2 Å². The number of sulfone groups is 1. The molecular formula is C21H25ClF3N3O5S. The van der Waals surface area contributed by atoms with Crippen molar-refractivity contribution in [1.82, 2.24) is 9.80 Å². The molecule has 3 fully saturated rings. The molecule has 2 saturated heterocycles. The van der Waals surface area contributed by atoms with Crippen LogP contribution in [0.1, 0.15) is 19.3 Å². The van der Waals surface area contributed by atoms with Gasteiger partial charge in [-0.05, 0) is 44.5 Å². The lowest BCUT2D eigenvalue weighted by Gasteiger charge is -2.34. The second kappa shape index (κ2) is 8.56. The Morgan fingerprint density at radius 2 is 1.76 bits per heavy atom. The molecule has 1 aromatic carbocycles. The third-order valence-electron chi connectivity index (χ3n) is 7.04. The average molecular weight is 524 g/mol. The summed E-state index contributed by atoms with van der Waals surface area (Å²) in [4.78, 5) is 29.0. The van der Waals surface area contributed by atoms with Crippen molar-refractivity contribution in [2.75, 3.05) is 44.7 Å². The number of carboxylic acids is 1. The number of amides is 1. The smallest absolute Gasteiger partial charge is 0.403 e. The van der Waals surface area contributed by atoms with Gasteiger partial charge in [-0.25, -0.2) is 13.2 Å². The zero-order valence-electron chi connectivity index (χ0n) is 18.4. The number of alkyl halides is 3. The molecule has 1 aromatic rings. The maximum absolute atomic E-state index is 13.5. The van der Waals surface area contributed by atoms with Crippen LogP contribution in [0.15, 0.2) is 23.1 Å². The van der Waals surface area contributed by atoms with Crippen molar-refractivity contribution in [3.63, 3.8) is 0 Å². The Morgan fingerprint density at radius 3 is 2.26 bits per heavy atom. The molecule has 1 amide bonds. The number of halogens is 4. The molecule has 1 N–H and O–H groups in total. The first-order valence-corrected chi connectivity index (χ1v) is 12.8. The van der Waals surface area contributed by atoms with Crippen LogP contribution in [0.4, 0.5) is 18.9 Å². The second-order valence-corrected chi connectivity index (χ2v) is 11.8. The number of carbonyl (C=O) groups excluding carboxylic acids is 1. The number of likely N-dealkylation sites (tertiary alicyclic amines) is 1. The largest absolute Gasteiger partial charge is 0.480 e. The lowest BCUT2D eigenvalue weighted by atomic mass is 10.0. The predicted octanol–water partition coefficient (Wildman–Crippen LogP) is 2.26. The summed E-state index contributed by atoms with van der Waals surface area (Å²) < 4.78 is 67.0. The minimum Gasteiger partial charge on any atom is -0.480 e. The van der Waals surface area contributed by atoms with E-state index >= 15 is 0 Å². The van der Waals surface area contributed by atoms with Crippen molar-refractivity contribution < 1.29 is 36.3 Å². The number of aliphatic carboxylic acids is 1. The second-order valence-electron chi connectivity index (χ2n) is 9.20. The highest BCUT2D eigenvalue weighted by molar-refractivity contribution is 7.92. The van der Waals surface area contributed by atoms with Crippen LogP contribution in [-0.2, 0) is 19.4 Å². The summed E-state index contributed by atoms with van der Waals surface area (Å²) in [7, 11) is -2.22. The molecule has 1 aliphatic carbocycles. The maximum atomic E-state index is 13.5. The van der Waals surface area contributed by atoms with Gasteiger partial charge in [0.1, 0.15) is 11.5 Å². The van der Waals surface area contributed by atoms with Gasteiger partial charge in [-0.2, -0.15) is 13.2 Å². The summed E-state index contributed by atoms with van der Waals surface area (Å²) in [6.07, 6.45) is -6.20. The highest BCUT2D eigenvalue weighted by atomic mass is 35.5. The summed E-state index contributed by atoms with van der Waals surface area (Å²) >= 11 is 6.32. The summed E-state index contributed by atoms with van der Waals surface area (Å²) in [5.74, 6) is -2.91. The Bertz CT molecular complexity index is 1100. The molecule has 2 aliphatic heterocycles. The molecule has 13 heteroatoms. The molecule has 2 unspecified atom stereocenters. The molecule has 0 aromatic heterocycles. The Labute approximate surface area is 200 Å². The molecule has 4 rings (SSSR count). The van der Waals surface area contributed by atoms with Gasteiger partial charge >= 0.3 is 12.1 Å². The number of carboxylic acid groups (broad SMARTS) is 1. The number of hydrogen-bond acceptors (Lipinski definition) is 6. The van der Waals surface area contributed by atoms with E-state index in [1.165, 1.54) is 12.1 Å². The first-order valence-electron chi connectivity index (χ1n) is 10.9. The standard InChI is InChI=1S/C21H25ClF3N3O5S/c1-26-6-8-27(9-7-26)13-2-3-17(15(22)10-13)34(32,33)14-11-16(18(29)30)28(12-14)19(31)20(4-5-20)21(23,24)25/h2-3,10,14,16H,4-9,11-12H2,1H3,(H,29,30). The topological polar surface area (TPSA) is 98.2 Å². The predicted molar refractivity (Wildman–Crippen MR) is 118 cm³/mol. The minimum absolute atomic E-state index is 0.0537. The van der Waals surface area contributed by atoms with E-state index in [0.717, 1.165) is 31.9 Å². The van der Waals surface area contributed by atoms with Crippen LogP contribution < -0.4 is 4.90 Å². The molecule has 34 heavy (non-hydrogen) atoms. The van der Waals surface area contributed by atoms with Crippen LogP contribution >= 0.6 is 11.6 Å². The monoisotopic (exact) mass is 523 g/mol. The lowest BCUT2D eigenvalue weighted by Crippen LogP contribution is -2.48. The van der Waals surface area contributed by atoms with E-state index in [-0.39, 0.29) is 9.92 Å². The number of nitrogens with zero attached hydrogens (tertiary/aromatic N) is 3. The Morgan fingerprint density at radius 1 is 1.15 bits per heavy atom. The quantitative estimate of drug-likeness (QED) is 0.632. The van der Waals surface area contributed by atoms with Crippen molar-refractivity contribution in [2.24, 2.45) is 5.41 Å². The summed E-state index contributed by atoms with van der Waals surface area (Å²) in [5, 5.41) is 8.09. The molecule has 188 valence electrons. The van der Waals surface area contributed by atoms with Crippen LogP contribution in [0, 0.1) is 5.41 Å². The first-order chi connectivity index (χ1) is 15.8. The molecule has 0 spiro atoms. The molecule has 2 atom stereocenters. The van der Waals surface area contributed by atoms with E-state index in [0.29, 0.717) is 4.90 Å². The van der Waals surface area contributed by atoms with Crippen molar-refractivity contribution in [3.8, 4) is 0 Å². The number of carbonyl (C=O) groups is 2. The molecule has 0 radical (unpaired) electrons. The third kappa shape index (κ3) is 4.24. The molecule has 3 aliphatic rings. The van der Waals surface area contributed by atoms with Crippen molar-refractivity contribution >= 4 is 39.0 Å². The number of anilines is 1. The summed E-state index contributed by atoms with van der Waals surface area (Å²) in [5.41, 5.74) is -1.88. The van der Waals surface area contributed by atoms with E-state index in [2.05, 4.69) is 9.80 Å². The molecule has 0 bridgehead atoms. The van der Waals surface area contributed by atoms with Crippen LogP contribution in [0.5, 0.6) is 0 Å². The third-order valence-corrected chi connectivity index (χ3v) is 9.65. The zero-order valence-corrected chi connectivity index (χ0v) is 20.0. The van der Waals surface area contributed by atoms with E-state index in [4.69, 9.17) is 11.6 Å². The van der Waals surface area contributed by atoms with Gasteiger partial charge in [0, 0.05) is 38.4 Å². The summed E-state index contributed by atoms with van der Waals surface area (Å²) in [6.45, 7) is 2.51. The van der Waals surface area contributed by atoms with Gasteiger partial charge in [0.2, 0.25) is 5.91 Å². The van der Waals surface area contributed by atoms with Gasteiger partial charge in [0.25, 0.3) is 0 Å². The highest BCUT2D eigenvalue weighted by Crippen LogP contribution is 2.59. The van der Waals surface area contributed by atoms with Gasteiger partial charge < -0.3 is 19.8 Å². The van der Waals surface area contributed by atoms with Crippen LogP contribution in [0.25, 0.3) is 0 Å². The van der Waals surface area contributed by atoms with Gasteiger partial charge in [-0.1, -0.05) is 11.6 Å². The first kappa shape index (κ1) is 25.1. The van der Waals surface area contributed by atoms with Crippen molar-refractivity contribution in [2.45, 2.75) is 41.6 Å². The van der Waals surface area contributed by atoms with Gasteiger partial charge in [-0.15, -0.1) is 0 Å². The Balaban J connectivity index is 1.58. The fourth-order valence-electron chi connectivity index (χ4n) is 4.66. The SMILES string of the molecule is CN1CCN(c2ccc(S(=O)(=O)C3CC(C(=O)O)N(C(=O)C4(C(F)(F)F)CC4)C3)c(Cl)c2)CC1. The number of hydrogen-bond donors (Lipinski definition) is 1. The van der Waals surface area contributed by atoms with Gasteiger partial charge in [-0.3, -0.25) is 4.79 Å². The number of piperazine rings is 1. The highest BCUT2D eigenvalue weighted by Gasteiger charge is 2.70. The Kier molecular flexibility index (Phi) is 6.31. The molecule has 8 nitrogen and oxygen atoms in total. The van der Waals surface area contributed by atoms with Crippen molar-refractivity contribution in [1.29, 1.82) is 0 Å². The van der Waals surface area contributed by atoms with Crippen LogP contribution in [0.2, 0.25) is 5.02 Å². The number of rotatable bonds is 5. The van der Waals surface area contributed by atoms with Gasteiger partial charge in [0.05, 0.1) is 15.2 Å². The number of benzene rings is 1. The fourth-order valence-corrected chi connectivity index (χ4v) is 6.90. The lowest BCUT2D eigenvalue weighted by molar-refractivity contribution is -0.199. The van der Waals surface area contributed by atoms with Crippen LogP contribution in [0.3, 0.4) is 0 Å². The number of likely N-dealkylation sites (N-methyl/N-ethyl adjacent to an activating group) is 1. The Hall–Kier alpha value is -2.05. The van der Waals surface area contributed by atoms with E-state index in [1.54, 1.807) is 6.07 Å². The van der Waals surface area contributed by atoms with Crippen LogP contribution in [-0.4, -0.2) is 92.4 Å². The normalized spacial score (nSPS) is 25.4. The molecular weight excluding hydrogens is 499 g/mol. The average Bonchev–Trinajstić information content (AvgIpc) is 3.45. The molecule has 2 heterocycles. The zero-order chi connectivity index (χ0) is 25.1. The van der Waals surface area contributed by atoms with E-state index in [9.17, 15) is 36.3 Å². The fraction of sp³-hybridized carbons (Fsp3) is 0.619. The molecule has 1 saturated carbocycles. The summed E-state index contributed by atoms with van der Waals surface area (Å²) in [6, 6.07) is 2.81. The van der Waals surface area contributed by atoms with E-state index in [1.807, 2.05) is 7.05 Å².